The first-order valence-corrected chi connectivity index (χ1v) is 8.49. The Morgan fingerprint density at radius 3 is 2.96 bits per heavy atom. The molecule has 0 aromatic carbocycles. The lowest BCUT2D eigenvalue weighted by atomic mass is 10.3. The second-order valence-corrected chi connectivity index (χ2v) is 6.25. The van der Waals surface area contributed by atoms with Crippen LogP contribution in [0, 0.1) is 0 Å². The SMILES string of the molecule is O=C(c1ccsc1)N1CCCN(c2ccc3nncn3n2)CC1. The number of hydrogen-bond donors (Lipinski definition) is 0. The molecule has 1 fully saturated rings. The van der Waals surface area contributed by atoms with Crippen molar-refractivity contribution in [1.82, 2.24) is 24.7 Å². The summed E-state index contributed by atoms with van der Waals surface area (Å²) in [6.45, 7) is 3.14. The number of nitrogens with zero attached hydrogens (tertiary/aromatic N) is 6. The topological polar surface area (TPSA) is 66.6 Å². The highest BCUT2D eigenvalue weighted by Crippen LogP contribution is 2.16. The molecule has 0 bridgehead atoms. The average molecular weight is 328 g/mol. The molecule has 1 amide bonds. The van der Waals surface area contributed by atoms with Gasteiger partial charge in [-0.2, -0.15) is 15.9 Å². The Morgan fingerprint density at radius 1 is 1.13 bits per heavy atom. The monoisotopic (exact) mass is 328 g/mol. The van der Waals surface area contributed by atoms with Crippen molar-refractivity contribution in [1.29, 1.82) is 0 Å². The number of carbonyl (C=O) groups excluding carboxylic acids is 1. The van der Waals surface area contributed by atoms with E-state index in [2.05, 4.69) is 20.2 Å². The van der Waals surface area contributed by atoms with Gasteiger partial charge in [-0.1, -0.05) is 0 Å². The number of fused-ring (bicyclic) bond motifs is 1. The second kappa shape index (κ2) is 5.96. The highest BCUT2D eigenvalue weighted by Gasteiger charge is 2.21. The van der Waals surface area contributed by atoms with Gasteiger partial charge in [-0.15, -0.1) is 15.3 Å². The summed E-state index contributed by atoms with van der Waals surface area (Å²) in [4.78, 5) is 16.6. The minimum absolute atomic E-state index is 0.121. The van der Waals surface area contributed by atoms with E-state index in [9.17, 15) is 4.79 Å². The quantitative estimate of drug-likeness (QED) is 0.714. The Balaban J connectivity index is 1.49. The van der Waals surface area contributed by atoms with Crippen LogP contribution in [0.3, 0.4) is 0 Å². The van der Waals surface area contributed by atoms with Crippen LogP contribution in [0.4, 0.5) is 5.82 Å². The van der Waals surface area contributed by atoms with E-state index in [-0.39, 0.29) is 5.91 Å². The van der Waals surface area contributed by atoms with Crippen molar-refractivity contribution in [2.24, 2.45) is 0 Å². The van der Waals surface area contributed by atoms with E-state index in [4.69, 9.17) is 0 Å². The van der Waals surface area contributed by atoms with Crippen LogP contribution in [0.15, 0.2) is 35.3 Å². The summed E-state index contributed by atoms with van der Waals surface area (Å²) in [5.41, 5.74) is 1.52. The number of rotatable bonds is 2. The predicted molar refractivity (Wildman–Crippen MR) is 87.8 cm³/mol. The molecule has 1 aliphatic heterocycles. The molecule has 1 saturated heterocycles. The largest absolute Gasteiger partial charge is 0.353 e. The van der Waals surface area contributed by atoms with Gasteiger partial charge in [0.25, 0.3) is 5.91 Å². The lowest BCUT2D eigenvalue weighted by molar-refractivity contribution is 0.0767. The van der Waals surface area contributed by atoms with Crippen molar-refractivity contribution < 1.29 is 4.79 Å². The van der Waals surface area contributed by atoms with Crippen LogP contribution < -0.4 is 4.90 Å². The Bertz CT molecular complexity index is 814. The van der Waals surface area contributed by atoms with Crippen molar-refractivity contribution in [3.8, 4) is 0 Å². The molecule has 1 aliphatic rings. The fourth-order valence-corrected chi connectivity index (χ4v) is 3.44. The molecule has 3 aromatic heterocycles. The van der Waals surface area contributed by atoms with E-state index < -0.39 is 0 Å². The number of hydrogen-bond acceptors (Lipinski definition) is 6. The molecule has 23 heavy (non-hydrogen) atoms. The van der Waals surface area contributed by atoms with Gasteiger partial charge in [-0.3, -0.25) is 4.79 Å². The van der Waals surface area contributed by atoms with Gasteiger partial charge in [0.15, 0.2) is 5.65 Å². The van der Waals surface area contributed by atoms with Crippen molar-refractivity contribution in [2.75, 3.05) is 31.1 Å². The van der Waals surface area contributed by atoms with Crippen LogP contribution >= 0.6 is 11.3 Å². The maximum atomic E-state index is 12.5. The van der Waals surface area contributed by atoms with Gasteiger partial charge in [0.05, 0.1) is 5.56 Å². The third-order valence-corrected chi connectivity index (χ3v) is 4.71. The van der Waals surface area contributed by atoms with Gasteiger partial charge >= 0.3 is 0 Å². The summed E-state index contributed by atoms with van der Waals surface area (Å²) in [6, 6.07) is 5.76. The molecule has 7 nitrogen and oxygen atoms in total. The zero-order valence-corrected chi connectivity index (χ0v) is 13.3. The Labute approximate surface area is 137 Å². The van der Waals surface area contributed by atoms with Crippen LogP contribution in [0.25, 0.3) is 5.65 Å². The maximum absolute atomic E-state index is 12.5. The summed E-state index contributed by atoms with van der Waals surface area (Å²) >= 11 is 1.55. The summed E-state index contributed by atoms with van der Waals surface area (Å²) in [5, 5.41) is 16.2. The molecule has 0 saturated carbocycles. The van der Waals surface area contributed by atoms with Gasteiger partial charge in [0, 0.05) is 31.6 Å². The van der Waals surface area contributed by atoms with Crippen molar-refractivity contribution in [2.45, 2.75) is 6.42 Å². The van der Waals surface area contributed by atoms with E-state index in [0.29, 0.717) is 6.54 Å². The number of anilines is 1. The van der Waals surface area contributed by atoms with E-state index in [0.717, 1.165) is 43.1 Å². The number of carbonyl (C=O) groups is 1. The zero-order valence-electron chi connectivity index (χ0n) is 12.5. The van der Waals surface area contributed by atoms with E-state index in [1.807, 2.05) is 33.9 Å². The smallest absolute Gasteiger partial charge is 0.254 e. The molecule has 0 unspecified atom stereocenters. The van der Waals surface area contributed by atoms with E-state index in [1.165, 1.54) is 0 Å². The second-order valence-electron chi connectivity index (χ2n) is 5.47. The number of amides is 1. The van der Waals surface area contributed by atoms with Crippen LogP contribution in [0.5, 0.6) is 0 Å². The third-order valence-electron chi connectivity index (χ3n) is 4.02. The summed E-state index contributed by atoms with van der Waals surface area (Å²) in [7, 11) is 0. The zero-order chi connectivity index (χ0) is 15.6. The first-order chi connectivity index (χ1) is 11.3. The Kier molecular flexibility index (Phi) is 3.66. The van der Waals surface area contributed by atoms with Crippen LogP contribution in [0.2, 0.25) is 0 Å². The molecule has 0 spiro atoms. The molecule has 0 N–H and O–H groups in total. The van der Waals surface area contributed by atoms with Crippen LogP contribution in [0.1, 0.15) is 16.8 Å². The molecule has 4 heterocycles. The molecule has 8 heteroatoms. The lowest BCUT2D eigenvalue weighted by Gasteiger charge is -2.22. The van der Waals surface area contributed by atoms with Gasteiger partial charge in [-0.05, 0) is 30.0 Å². The Morgan fingerprint density at radius 2 is 2.09 bits per heavy atom. The van der Waals surface area contributed by atoms with Crippen molar-refractivity contribution in [3.63, 3.8) is 0 Å². The van der Waals surface area contributed by atoms with Gasteiger partial charge in [-0.25, -0.2) is 0 Å². The molecule has 0 aliphatic carbocycles. The van der Waals surface area contributed by atoms with E-state index >= 15 is 0 Å². The molecule has 3 aromatic rings. The van der Waals surface area contributed by atoms with Gasteiger partial charge < -0.3 is 9.80 Å². The summed E-state index contributed by atoms with van der Waals surface area (Å²) in [5.74, 6) is 1.01. The highest BCUT2D eigenvalue weighted by atomic mass is 32.1. The van der Waals surface area contributed by atoms with Crippen LogP contribution in [-0.2, 0) is 0 Å². The molecule has 4 rings (SSSR count). The summed E-state index contributed by atoms with van der Waals surface area (Å²) < 4.78 is 1.68. The van der Waals surface area contributed by atoms with Crippen molar-refractivity contribution in [3.05, 3.63) is 40.8 Å². The van der Waals surface area contributed by atoms with Crippen molar-refractivity contribution >= 4 is 28.7 Å². The maximum Gasteiger partial charge on any atom is 0.254 e. The minimum atomic E-state index is 0.121. The molecular weight excluding hydrogens is 312 g/mol. The first kappa shape index (κ1) is 14.1. The minimum Gasteiger partial charge on any atom is -0.353 e. The fourth-order valence-electron chi connectivity index (χ4n) is 2.81. The molecule has 0 atom stereocenters. The Hall–Kier alpha value is -2.48. The number of aromatic nitrogens is 4. The first-order valence-electron chi connectivity index (χ1n) is 7.55. The number of thiophene rings is 1. The molecule has 0 radical (unpaired) electrons. The lowest BCUT2D eigenvalue weighted by Crippen LogP contribution is -2.35. The highest BCUT2D eigenvalue weighted by molar-refractivity contribution is 7.08. The normalized spacial score (nSPS) is 15.8. The van der Waals surface area contributed by atoms with E-state index in [1.54, 1.807) is 22.2 Å². The summed E-state index contributed by atoms with van der Waals surface area (Å²) in [6.07, 6.45) is 2.53. The average Bonchev–Trinajstić information content (AvgIpc) is 3.20. The predicted octanol–water partition coefficient (Wildman–Crippen LogP) is 1.54. The molecule has 118 valence electrons. The van der Waals surface area contributed by atoms with Crippen LogP contribution in [-0.4, -0.2) is 56.8 Å². The fraction of sp³-hybridized carbons (Fsp3) is 0.333. The standard InChI is InChI=1S/C15H16N6OS/c22-15(12-4-9-23-10-12)20-6-1-5-19(7-8-20)14-3-2-13-17-16-11-21(13)18-14/h2-4,9-11H,1,5-8H2. The van der Waals surface area contributed by atoms with Gasteiger partial charge in [0.1, 0.15) is 12.1 Å². The molecular formula is C15H16N6OS. The van der Waals surface area contributed by atoms with Gasteiger partial charge in [0.2, 0.25) is 0 Å². The third kappa shape index (κ3) is 2.77.